The Morgan fingerprint density at radius 1 is 0.625 bits per heavy atom. The molecule has 0 saturated heterocycles. The van der Waals surface area contributed by atoms with Crippen molar-refractivity contribution in [3.8, 4) is 11.1 Å². The second-order valence-corrected chi connectivity index (χ2v) is 6.45. The van der Waals surface area contributed by atoms with E-state index in [1.54, 1.807) is 0 Å². The van der Waals surface area contributed by atoms with E-state index >= 15 is 0 Å². The second kappa shape index (κ2) is 4.97. The van der Waals surface area contributed by atoms with Gasteiger partial charge in [0.2, 0.25) is 0 Å². The molecule has 1 aromatic heterocycles. The van der Waals surface area contributed by atoms with Crippen LogP contribution in [0.15, 0.2) is 78.9 Å². The Morgan fingerprint density at radius 3 is 2.12 bits per heavy atom. The van der Waals surface area contributed by atoms with Gasteiger partial charge in [-0.2, -0.15) is 0 Å². The standard InChI is InChI=1S/C23H17N/c1-15-11-19(16-7-3-2-4-8-16)13-21-20-12-17-9-5-6-10-18(17)14-22(20)24-23(15)21/h2-14,24H,1H3. The van der Waals surface area contributed by atoms with Crippen LogP contribution < -0.4 is 0 Å². The molecule has 0 bridgehead atoms. The smallest absolute Gasteiger partial charge is 0.0495 e. The molecule has 1 heterocycles. The molecule has 5 aromatic rings. The van der Waals surface area contributed by atoms with Crippen molar-refractivity contribution in [2.45, 2.75) is 6.92 Å². The molecule has 114 valence electrons. The Balaban J connectivity index is 1.88. The number of aryl methyl sites for hydroxylation is 1. The zero-order chi connectivity index (χ0) is 16.1. The van der Waals surface area contributed by atoms with Crippen LogP contribution in [0.4, 0.5) is 0 Å². The predicted molar refractivity (Wildman–Crippen MR) is 103 cm³/mol. The normalized spacial score (nSPS) is 11.5. The highest BCUT2D eigenvalue weighted by atomic mass is 14.7. The van der Waals surface area contributed by atoms with Gasteiger partial charge in [-0.05, 0) is 58.7 Å². The van der Waals surface area contributed by atoms with Crippen LogP contribution in [0.25, 0.3) is 43.7 Å². The van der Waals surface area contributed by atoms with Crippen LogP contribution in [0.5, 0.6) is 0 Å². The summed E-state index contributed by atoms with van der Waals surface area (Å²) < 4.78 is 0. The minimum Gasteiger partial charge on any atom is -0.354 e. The number of hydrogen-bond donors (Lipinski definition) is 1. The molecule has 1 nitrogen and oxygen atoms in total. The molecule has 0 unspecified atom stereocenters. The summed E-state index contributed by atoms with van der Waals surface area (Å²) in [6, 6.07) is 28.3. The van der Waals surface area contributed by atoms with Crippen molar-refractivity contribution in [2.24, 2.45) is 0 Å². The number of hydrogen-bond acceptors (Lipinski definition) is 0. The van der Waals surface area contributed by atoms with Gasteiger partial charge in [-0.25, -0.2) is 0 Å². The highest BCUT2D eigenvalue weighted by molar-refractivity contribution is 6.13. The van der Waals surface area contributed by atoms with Crippen LogP contribution >= 0.6 is 0 Å². The van der Waals surface area contributed by atoms with Gasteiger partial charge in [0, 0.05) is 21.8 Å². The van der Waals surface area contributed by atoms with Crippen molar-refractivity contribution in [3.63, 3.8) is 0 Å². The molecule has 0 aliphatic carbocycles. The number of nitrogens with one attached hydrogen (secondary N) is 1. The summed E-state index contributed by atoms with van der Waals surface area (Å²) in [4.78, 5) is 3.62. The maximum absolute atomic E-state index is 3.62. The summed E-state index contributed by atoms with van der Waals surface area (Å²) in [5.74, 6) is 0. The molecule has 5 rings (SSSR count). The van der Waals surface area contributed by atoms with Gasteiger partial charge < -0.3 is 4.98 Å². The summed E-state index contributed by atoms with van der Waals surface area (Å²) in [7, 11) is 0. The highest BCUT2D eigenvalue weighted by Crippen LogP contribution is 2.34. The SMILES string of the molecule is Cc1cc(-c2ccccc2)cc2c1[nH]c1cc3ccccc3cc12. The monoisotopic (exact) mass is 307 g/mol. The molecule has 0 amide bonds. The quantitative estimate of drug-likeness (QED) is 0.366. The second-order valence-electron chi connectivity index (χ2n) is 6.45. The van der Waals surface area contributed by atoms with Gasteiger partial charge in [-0.3, -0.25) is 0 Å². The van der Waals surface area contributed by atoms with Gasteiger partial charge in [0.05, 0.1) is 0 Å². The van der Waals surface area contributed by atoms with E-state index in [1.165, 1.54) is 49.3 Å². The number of H-pyrrole nitrogens is 1. The fourth-order valence-electron chi connectivity index (χ4n) is 3.66. The molecule has 0 aliphatic rings. The molecule has 1 N–H and O–H groups in total. The van der Waals surface area contributed by atoms with Crippen molar-refractivity contribution >= 4 is 32.6 Å². The molecular weight excluding hydrogens is 290 g/mol. The van der Waals surface area contributed by atoms with Crippen molar-refractivity contribution < 1.29 is 0 Å². The minimum atomic E-state index is 1.21. The number of benzene rings is 4. The average molecular weight is 307 g/mol. The molecule has 0 fully saturated rings. The van der Waals surface area contributed by atoms with Crippen molar-refractivity contribution in [3.05, 3.63) is 84.4 Å². The third-order valence-electron chi connectivity index (χ3n) is 4.88. The van der Waals surface area contributed by atoms with E-state index in [0.717, 1.165) is 0 Å². The van der Waals surface area contributed by atoms with E-state index in [9.17, 15) is 0 Å². The van der Waals surface area contributed by atoms with E-state index in [2.05, 4.69) is 90.8 Å². The molecule has 0 saturated carbocycles. The van der Waals surface area contributed by atoms with Crippen LogP contribution in [0.1, 0.15) is 5.56 Å². The van der Waals surface area contributed by atoms with Gasteiger partial charge >= 0.3 is 0 Å². The summed E-state index contributed by atoms with van der Waals surface area (Å²) in [6.45, 7) is 2.18. The van der Waals surface area contributed by atoms with Crippen LogP contribution in [-0.4, -0.2) is 4.98 Å². The number of aromatic nitrogens is 1. The lowest BCUT2D eigenvalue weighted by Crippen LogP contribution is -1.81. The zero-order valence-electron chi connectivity index (χ0n) is 13.5. The zero-order valence-corrected chi connectivity index (χ0v) is 13.5. The first-order valence-corrected chi connectivity index (χ1v) is 8.30. The fourth-order valence-corrected chi connectivity index (χ4v) is 3.66. The lowest BCUT2D eigenvalue weighted by Gasteiger charge is -2.05. The van der Waals surface area contributed by atoms with Crippen LogP contribution in [0, 0.1) is 6.92 Å². The molecule has 24 heavy (non-hydrogen) atoms. The summed E-state index contributed by atoms with van der Waals surface area (Å²) in [5, 5.41) is 5.16. The maximum atomic E-state index is 3.62. The lowest BCUT2D eigenvalue weighted by atomic mass is 9.99. The molecule has 0 atom stereocenters. The molecular formula is C23H17N. The molecule has 0 aliphatic heterocycles. The van der Waals surface area contributed by atoms with Crippen molar-refractivity contribution in [2.75, 3.05) is 0 Å². The van der Waals surface area contributed by atoms with Crippen molar-refractivity contribution in [1.82, 2.24) is 4.98 Å². The van der Waals surface area contributed by atoms with E-state index in [4.69, 9.17) is 0 Å². The fraction of sp³-hybridized carbons (Fsp3) is 0.0435. The van der Waals surface area contributed by atoms with Gasteiger partial charge in [0.15, 0.2) is 0 Å². The number of aromatic amines is 1. The van der Waals surface area contributed by atoms with E-state index < -0.39 is 0 Å². The number of rotatable bonds is 1. The summed E-state index contributed by atoms with van der Waals surface area (Å²) in [5.41, 5.74) is 6.26. The van der Waals surface area contributed by atoms with Crippen LogP contribution in [0.2, 0.25) is 0 Å². The molecule has 4 aromatic carbocycles. The summed E-state index contributed by atoms with van der Waals surface area (Å²) in [6.07, 6.45) is 0. The minimum absolute atomic E-state index is 1.21. The van der Waals surface area contributed by atoms with Gasteiger partial charge in [-0.1, -0.05) is 54.6 Å². The lowest BCUT2D eigenvalue weighted by molar-refractivity contribution is 1.45. The third kappa shape index (κ3) is 1.95. The first-order valence-electron chi connectivity index (χ1n) is 8.30. The Morgan fingerprint density at radius 2 is 1.33 bits per heavy atom. The van der Waals surface area contributed by atoms with Gasteiger partial charge in [-0.15, -0.1) is 0 Å². The average Bonchev–Trinajstić information content (AvgIpc) is 2.99. The van der Waals surface area contributed by atoms with E-state index in [1.807, 2.05) is 0 Å². The summed E-state index contributed by atoms with van der Waals surface area (Å²) >= 11 is 0. The first kappa shape index (κ1) is 13.4. The van der Waals surface area contributed by atoms with Gasteiger partial charge in [0.25, 0.3) is 0 Å². The molecule has 0 spiro atoms. The maximum Gasteiger partial charge on any atom is 0.0495 e. The third-order valence-corrected chi connectivity index (χ3v) is 4.88. The van der Waals surface area contributed by atoms with Crippen LogP contribution in [0.3, 0.4) is 0 Å². The predicted octanol–water partition coefficient (Wildman–Crippen LogP) is 6.45. The van der Waals surface area contributed by atoms with E-state index in [0.29, 0.717) is 0 Å². The van der Waals surface area contributed by atoms with E-state index in [-0.39, 0.29) is 0 Å². The Hall–Kier alpha value is -3.06. The topological polar surface area (TPSA) is 15.8 Å². The Bertz CT molecular complexity index is 1200. The van der Waals surface area contributed by atoms with Gasteiger partial charge in [0.1, 0.15) is 0 Å². The Kier molecular flexibility index (Phi) is 2.77. The largest absolute Gasteiger partial charge is 0.354 e. The van der Waals surface area contributed by atoms with Crippen molar-refractivity contribution in [1.29, 1.82) is 0 Å². The first-order chi connectivity index (χ1) is 11.8. The van der Waals surface area contributed by atoms with Crippen LogP contribution in [-0.2, 0) is 0 Å². The Labute approximate surface area is 140 Å². The molecule has 1 heteroatoms. The highest BCUT2D eigenvalue weighted by Gasteiger charge is 2.10. The number of fused-ring (bicyclic) bond motifs is 4. The molecule has 0 radical (unpaired) electrons.